The highest BCUT2D eigenvalue weighted by Gasteiger charge is 2.12. The van der Waals surface area contributed by atoms with Gasteiger partial charge in [-0.3, -0.25) is 0 Å². The Morgan fingerprint density at radius 2 is 2.00 bits per heavy atom. The molecule has 3 heteroatoms. The van der Waals surface area contributed by atoms with E-state index in [-0.39, 0.29) is 5.97 Å². The lowest BCUT2D eigenvalue weighted by atomic mass is 9.94. The van der Waals surface area contributed by atoms with Gasteiger partial charge in [-0.15, -0.1) is 0 Å². The number of aliphatic hydroxyl groups is 1. The van der Waals surface area contributed by atoms with E-state index in [0.29, 0.717) is 5.92 Å². The zero-order valence-corrected chi connectivity index (χ0v) is 13.6. The topological polar surface area (TPSA) is 46.5 Å². The summed E-state index contributed by atoms with van der Waals surface area (Å²) in [4.78, 5) is 11.0. The molecule has 0 aliphatic carbocycles. The van der Waals surface area contributed by atoms with E-state index >= 15 is 0 Å². The van der Waals surface area contributed by atoms with E-state index in [4.69, 9.17) is 0 Å². The number of hydrogen-bond donors (Lipinski definition) is 1. The lowest BCUT2D eigenvalue weighted by Gasteiger charge is -2.18. The van der Waals surface area contributed by atoms with Crippen LogP contribution in [0.2, 0.25) is 0 Å². The molecule has 0 aromatic heterocycles. The standard InChI is InChI=1S/C17H30O3/c1-14(11-8-12-17(3,4)19)9-6-7-10-15(2)13-16(18)20-5/h7,10,13-14,19H,6,8-9,11-12H2,1-5H3/b10-7+,15-13+. The van der Waals surface area contributed by atoms with Crippen LogP contribution in [0.5, 0.6) is 0 Å². The van der Waals surface area contributed by atoms with Crippen molar-refractivity contribution >= 4 is 5.97 Å². The molecule has 1 atom stereocenters. The molecule has 0 amide bonds. The zero-order valence-electron chi connectivity index (χ0n) is 13.6. The summed E-state index contributed by atoms with van der Waals surface area (Å²) in [6, 6.07) is 0. The molecule has 1 N–H and O–H groups in total. The second-order valence-corrected chi connectivity index (χ2v) is 6.20. The molecule has 0 rings (SSSR count). The van der Waals surface area contributed by atoms with E-state index in [1.807, 2.05) is 26.8 Å². The number of methoxy groups -OCH3 is 1. The van der Waals surface area contributed by atoms with Crippen molar-refractivity contribution in [1.29, 1.82) is 0 Å². The zero-order chi connectivity index (χ0) is 15.6. The summed E-state index contributed by atoms with van der Waals surface area (Å²) in [6.45, 7) is 7.85. The predicted molar refractivity (Wildman–Crippen MR) is 83.5 cm³/mol. The number of hydrogen-bond acceptors (Lipinski definition) is 3. The molecule has 0 bridgehead atoms. The van der Waals surface area contributed by atoms with Gasteiger partial charge in [-0.05, 0) is 51.5 Å². The lowest BCUT2D eigenvalue weighted by Crippen LogP contribution is -2.18. The molecule has 0 fully saturated rings. The van der Waals surface area contributed by atoms with Crippen molar-refractivity contribution in [1.82, 2.24) is 0 Å². The molecule has 1 unspecified atom stereocenters. The summed E-state index contributed by atoms with van der Waals surface area (Å²) in [5.74, 6) is 0.346. The third-order valence-electron chi connectivity index (χ3n) is 3.24. The Balaban J connectivity index is 3.83. The van der Waals surface area contributed by atoms with Crippen LogP contribution in [0.15, 0.2) is 23.8 Å². The van der Waals surface area contributed by atoms with Gasteiger partial charge in [0.2, 0.25) is 0 Å². The van der Waals surface area contributed by atoms with Crippen molar-refractivity contribution in [3.05, 3.63) is 23.8 Å². The van der Waals surface area contributed by atoms with Crippen molar-refractivity contribution in [2.45, 2.75) is 65.4 Å². The Morgan fingerprint density at radius 3 is 2.55 bits per heavy atom. The third-order valence-corrected chi connectivity index (χ3v) is 3.24. The Kier molecular flexibility index (Phi) is 9.23. The van der Waals surface area contributed by atoms with Gasteiger partial charge < -0.3 is 9.84 Å². The Labute approximate surface area is 123 Å². The molecule has 116 valence electrons. The molecule has 0 spiro atoms. The molecule has 0 saturated carbocycles. The van der Waals surface area contributed by atoms with Gasteiger partial charge in [-0.25, -0.2) is 4.79 Å². The minimum atomic E-state index is -0.546. The number of ether oxygens (including phenoxy) is 1. The van der Waals surface area contributed by atoms with E-state index in [0.717, 1.165) is 37.7 Å². The first-order valence-electron chi connectivity index (χ1n) is 7.40. The summed E-state index contributed by atoms with van der Waals surface area (Å²) >= 11 is 0. The van der Waals surface area contributed by atoms with Gasteiger partial charge >= 0.3 is 5.97 Å². The Bertz CT molecular complexity index is 335. The van der Waals surface area contributed by atoms with Crippen molar-refractivity contribution in [2.24, 2.45) is 5.92 Å². The molecule has 0 aromatic carbocycles. The van der Waals surface area contributed by atoms with E-state index in [1.165, 1.54) is 13.2 Å². The maximum atomic E-state index is 11.0. The maximum absolute atomic E-state index is 11.0. The van der Waals surface area contributed by atoms with Crippen LogP contribution in [0, 0.1) is 5.92 Å². The van der Waals surface area contributed by atoms with E-state index < -0.39 is 5.60 Å². The number of allylic oxidation sites excluding steroid dienone is 3. The van der Waals surface area contributed by atoms with Gasteiger partial charge in [0.05, 0.1) is 12.7 Å². The smallest absolute Gasteiger partial charge is 0.330 e. The molecule has 0 heterocycles. The summed E-state index contributed by atoms with van der Waals surface area (Å²) < 4.78 is 4.57. The molecule has 3 nitrogen and oxygen atoms in total. The van der Waals surface area contributed by atoms with Crippen LogP contribution < -0.4 is 0 Å². The number of carbonyl (C=O) groups excluding carboxylic acids is 1. The molecule has 0 saturated heterocycles. The second-order valence-electron chi connectivity index (χ2n) is 6.20. The molecule has 0 radical (unpaired) electrons. The van der Waals surface area contributed by atoms with Gasteiger partial charge in [0, 0.05) is 6.08 Å². The molecule has 20 heavy (non-hydrogen) atoms. The normalized spacial score (nSPS) is 14.6. The van der Waals surface area contributed by atoms with Crippen LogP contribution >= 0.6 is 0 Å². The average Bonchev–Trinajstić information content (AvgIpc) is 2.33. The minimum Gasteiger partial charge on any atom is -0.466 e. The average molecular weight is 282 g/mol. The van der Waals surface area contributed by atoms with Crippen LogP contribution in [-0.4, -0.2) is 23.8 Å². The summed E-state index contributed by atoms with van der Waals surface area (Å²) in [7, 11) is 1.38. The number of rotatable bonds is 9. The maximum Gasteiger partial charge on any atom is 0.330 e. The van der Waals surface area contributed by atoms with E-state index in [2.05, 4.69) is 17.7 Å². The summed E-state index contributed by atoms with van der Waals surface area (Å²) in [6.07, 6.45) is 10.8. The first-order chi connectivity index (χ1) is 9.24. The molecular weight excluding hydrogens is 252 g/mol. The minimum absolute atomic E-state index is 0.313. The highest BCUT2D eigenvalue weighted by molar-refractivity contribution is 5.83. The SMILES string of the molecule is COC(=O)/C=C(C)/C=C/CCC(C)CCCC(C)(C)O. The highest BCUT2D eigenvalue weighted by Crippen LogP contribution is 2.18. The number of carbonyl (C=O) groups is 1. The second kappa shape index (κ2) is 9.76. The fourth-order valence-corrected chi connectivity index (χ4v) is 1.97. The Hall–Kier alpha value is -1.09. The lowest BCUT2D eigenvalue weighted by molar-refractivity contribution is -0.134. The van der Waals surface area contributed by atoms with Gasteiger partial charge in [0.1, 0.15) is 0 Å². The van der Waals surface area contributed by atoms with Gasteiger partial charge in [-0.1, -0.05) is 31.9 Å². The van der Waals surface area contributed by atoms with Crippen LogP contribution in [-0.2, 0) is 9.53 Å². The molecular formula is C17H30O3. The van der Waals surface area contributed by atoms with Crippen LogP contribution in [0.4, 0.5) is 0 Å². The Morgan fingerprint density at radius 1 is 1.35 bits per heavy atom. The largest absolute Gasteiger partial charge is 0.466 e. The van der Waals surface area contributed by atoms with Crippen LogP contribution in [0.3, 0.4) is 0 Å². The van der Waals surface area contributed by atoms with Crippen molar-refractivity contribution in [3.63, 3.8) is 0 Å². The summed E-state index contributed by atoms with van der Waals surface area (Å²) in [5, 5.41) is 9.64. The monoisotopic (exact) mass is 282 g/mol. The van der Waals surface area contributed by atoms with Gasteiger partial charge in [0.25, 0.3) is 0 Å². The van der Waals surface area contributed by atoms with Crippen LogP contribution in [0.25, 0.3) is 0 Å². The first-order valence-corrected chi connectivity index (χ1v) is 7.40. The van der Waals surface area contributed by atoms with Crippen LogP contribution in [0.1, 0.15) is 59.8 Å². The highest BCUT2D eigenvalue weighted by atomic mass is 16.5. The van der Waals surface area contributed by atoms with E-state index in [1.54, 1.807) is 0 Å². The number of esters is 1. The molecule has 0 aromatic rings. The van der Waals surface area contributed by atoms with Gasteiger partial charge in [-0.2, -0.15) is 0 Å². The first kappa shape index (κ1) is 18.9. The quantitative estimate of drug-likeness (QED) is 0.395. The van der Waals surface area contributed by atoms with Crippen molar-refractivity contribution < 1.29 is 14.6 Å². The molecule has 0 aliphatic heterocycles. The van der Waals surface area contributed by atoms with Crippen molar-refractivity contribution in [2.75, 3.05) is 7.11 Å². The molecule has 0 aliphatic rings. The third kappa shape index (κ3) is 12.0. The van der Waals surface area contributed by atoms with E-state index in [9.17, 15) is 9.90 Å². The fraction of sp³-hybridized carbons (Fsp3) is 0.706. The van der Waals surface area contributed by atoms with Gasteiger partial charge in [0.15, 0.2) is 0 Å². The predicted octanol–water partition coefficient (Wildman–Crippen LogP) is 4.02. The fourth-order valence-electron chi connectivity index (χ4n) is 1.97. The summed E-state index contributed by atoms with van der Waals surface area (Å²) in [5.41, 5.74) is 0.363. The van der Waals surface area contributed by atoms with Crippen molar-refractivity contribution in [3.8, 4) is 0 Å².